The number of carbonyl (C=O) groups is 1. The summed E-state index contributed by atoms with van der Waals surface area (Å²) >= 11 is 0. The zero-order valence-corrected chi connectivity index (χ0v) is 14.0. The third-order valence-electron chi connectivity index (χ3n) is 3.62. The van der Waals surface area contributed by atoms with Crippen LogP contribution in [0.3, 0.4) is 0 Å². The average Bonchev–Trinajstić information content (AvgIpc) is 2.47. The second kappa shape index (κ2) is 15.6. The van der Waals surface area contributed by atoms with E-state index in [4.69, 9.17) is 9.84 Å². The van der Waals surface area contributed by atoms with Crippen molar-refractivity contribution in [1.29, 1.82) is 0 Å². The molecule has 0 amide bonds. The molecule has 0 saturated carbocycles. The van der Waals surface area contributed by atoms with Crippen molar-refractivity contribution in [2.75, 3.05) is 6.61 Å². The Morgan fingerprint density at radius 2 is 1.52 bits per heavy atom. The Kier molecular flexibility index (Phi) is 14.9. The molecule has 0 heterocycles. The Bertz CT molecular complexity index is 261. The van der Waals surface area contributed by atoms with Crippen molar-refractivity contribution in [3.8, 4) is 0 Å². The Labute approximate surface area is 130 Å². The molecule has 3 nitrogen and oxygen atoms in total. The van der Waals surface area contributed by atoms with Crippen molar-refractivity contribution in [1.82, 2.24) is 0 Å². The zero-order valence-electron chi connectivity index (χ0n) is 14.0. The van der Waals surface area contributed by atoms with E-state index >= 15 is 0 Å². The van der Waals surface area contributed by atoms with Gasteiger partial charge in [-0.25, -0.2) is 4.79 Å². The third kappa shape index (κ3) is 13.9. The quantitative estimate of drug-likeness (QED) is 0.328. The van der Waals surface area contributed by atoms with Crippen LogP contribution < -0.4 is 0 Å². The Hall–Kier alpha value is -0.830. The van der Waals surface area contributed by atoms with Gasteiger partial charge in [0.15, 0.2) is 6.10 Å². The summed E-state index contributed by atoms with van der Waals surface area (Å²) in [7, 11) is 0. The van der Waals surface area contributed by atoms with Crippen LogP contribution in [0.25, 0.3) is 0 Å². The predicted octanol–water partition coefficient (Wildman–Crippen LogP) is 5.34. The van der Waals surface area contributed by atoms with Gasteiger partial charge in [-0.15, -0.1) is 0 Å². The van der Waals surface area contributed by atoms with E-state index in [9.17, 15) is 4.79 Å². The summed E-state index contributed by atoms with van der Waals surface area (Å²) in [6, 6.07) is 0. The van der Waals surface area contributed by atoms with Crippen molar-refractivity contribution in [2.45, 2.75) is 90.6 Å². The van der Waals surface area contributed by atoms with Gasteiger partial charge in [0.05, 0.1) is 0 Å². The van der Waals surface area contributed by atoms with Crippen LogP contribution in [0.5, 0.6) is 0 Å². The Morgan fingerprint density at radius 1 is 0.952 bits per heavy atom. The first-order valence-electron chi connectivity index (χ1n) is 8.71. The maximum Gasteiger partial charge on any atom is 0.332 e. The van der Waals surface area contributed by atoms with Crippen molar-refractivity contribution < 1.29 is 14.6 Å². The molecule has 1 atom stereocenters. The molecule has 0 bridgehead atoms. The normalized spacial score (nSPS) is 12.9. The summed E-state index contributed by atoms with van der Waals surface area (Å²) in [5.41, 5.74) is 0. The first-order chi connectivity index (χ1) is 10.2. The predicted molar refractivity (Wildman–Crippen MR) is 88.7 cm³/mol. The standard InChI is InChI=1S/C18H34O3/c1-3-5-6-7-8-9-10-11-12-13-14-15-16-21-17(4-2)18(19)20/h10-11,17H,3-9,12-16H2,1-2H3,(H,19,20). The van der Waals surface area contributed by atoms with Gasteiger partial charge in [-0.1, -0.05) is 58.1 Å². The van der Waals surface area contributed by atoms with Crippen molar-refractivity contribution in [2.24, 2.45) is 0 Å². The highest BCUT2D eigenvalue weighted by Crippen LogP contribution is 2.07. The summed E-state index contributed by atoms with van der Waals surface area (Å²) < 4.78 is 5.33. The van der Waals surface area contributed by atoms with E-state index in [0.717, 1.165) is 19.3 Å². The maximum absolute atomic E-state index is 10.7. The molecular weight excluding hydrogens is 264 g/mol. The molecule has 0 radical (unpaired) electrons. The highest BCUT2D eigenvalue weighted by molar-refractivity contribution is 5.72. The number of ether oxygens (including phenoxy) is 1. The fourth-order valence-corrected chi connectivity index (χ4v) is 2.23. The summed E-state index contributed by atoms with van der Waals surface area (Å²) in [4.78, 5) is 10.7. The van der Waals surface area contributed by atoms with Gasteiger partial charge in [0, 0.05) is 6.61 Å². The molecule has 1 unspecified atom stereocenters. The lowest BCUT2D eigenvalue weighted by atomic mass is 10.1. The van der Waals surface area contributed by atoms with Gasteiger partial charge in [0.1, 0.15) is 0 Å². The van der Waals surface area contributed by atoms with E-state index in [2.05, 4.69) is 19.1 Å². The summed E-state index contributed by atoms with van der Waals surface area (Å²) in [6.07, 6.45) is 16.8. The summed E-state index contributed by atoms with van der Waals surface area (Å²) in [5.74, 6) is -0.848. The summed E-state index contributed by atoms with van der Waals surface area (Å²) in [6.45, 7) is 4.65. The molecule has 0 aromatic carbocycles. The van der Waals surface area contributed by atoms with Crippen LogP contribution in [0.4, 0.5) is 0 Å². The van der Waals surface area contributed by atoms with Crippen LogP contribution in [0, 0.1) is 0 Å². The average molecular weight is 298 g/mol. The molecule has 0 aliphatic carbocycles. The van der Waals surface area contributed by atoms with Gasteiger partial charge < -0.3 is 9.84 Å². The fraction of sp³-hybridized carbons (Fsp3) is 0.833. The number of allylic oxidation sites excluding steroid dienone is 2. The van der Waals surface area contributed by atoms with Crippen LogP contribution in [-0.2, 0) is 9.53 Å². The number of carboxylic acids is 1. The van der Waals surface area contributed by atoms with Crippen LogP contribution >= 0.6 is 0 Å². The van der Waals surface area contributed by atoms with Crippen LogP contribution in [0.1, 0.15) is 84.5 Å². The van der Waals surface area contributed by atoms with E-state index in [1.807, 2.05) is 6.92 Å². The van der Waals surface area contributed by atoms with Crippen molar-refractivity contribution >= 4 is 5.97 Å². The zero-order chi connectivity index (χ0) is 15.8. The van der Waals surface area contributed by atoms with E-state index in [-0.39, 0.29) is 0 Å². The molecule has 0 spiro atoms. The summed E-state index contributed by atoms with van der Waals surface area (Å²) in [5, 5.41) is 8.83. The first kappa shape index (κ1) is 20.2. The lowest BCUT2D eigenvalue weighted by Crippen LogP contribution is -2.23. The molecule has 0 saturated heterocycles. The lowest BCUT2D eigenvalue weighted by molar-refractivity contribution is -0.150. The highest BCUT2D eigenvalue weighted by Gasteiger charge is 2.14. The number of unbranched alkanes of at least 4 members (excludes halogenated alkanes) is 8. The van der Waals surface area contributed by atoms with Crippen molar-refractivity contribution in [3.05, 3.63) is 12.2 Å². The minimum atomic E-state index is -0.848. The molecule has 124 valence electrons. The van der Waals surface area contributed by atoms with Gasteiger partial charge in [-0.2, -0.15) is 0 Å². The number of carboxylic acid groups (broad SMARTS) is 1. The molecule has 1 N–H and O–H groups in total. The molecule has 0 aliphatic rings. The SMILES string of the molecule is CCCCCCCC=CCCCCCOC(CC)C(=O)O. The van der Waals surface area contributed by atoms with E-state index in [1.54, 1.807) is 0 Å². The van der Waals surface area contributed by atoms with Gasteiger partial charge in [0.25, 0.3) is 0 Å². The van der Waals surface area contributed by atoms with Gasteiger partial charge in [-0.3, -0.25) is 0 Å². The van der Waals surface area contributed by atoms with Crippen molar-refractivity contribution in [3.63, 3.8) is 0 Å². The van der Waals surface area contributed by atoms with Gasteiger partial charge in [-0.05, 0) is 38.5 Å². The minimum Gasteiger partial charge on any atom is -0.479 e. The topological polar surface area (TPSA) is 46.5 Å². The lowest BCUT2D eigenvalue weighted by Gasteiger charge is -2.10. The van der Waals surface area contributed by atoms with E-state index in [0.29, 0.717) is 13.0 Å². The van der Waals surface area contributed by atoms with Crippen LogP contribution in [0.15, 0.2) is 12.2 Å². The molecule has 21 heavy (non-hydrogen) atoms. The molecular formula is C18H34O3. The van der Waals surface area contributed by atoms with E-state index < -0.39 is 12.1 Å². The highest BCUT2D eigenvalue weighted by atomic mass is 16.5. The van der Waals surface area contributed by atoms with Crippen LogP contribution in [0.2, 0.25) is 0 Å². The molecule has 3 heteroatoms. The van der Waals surface area contributed by atoms with Gasteiger partial charge in [0.2, 0.25) is 0 Å². The molecule has 0 aromatic heterocycles. The second-order valence-corrected chi connectivity index (χ2v) is 5.63. The number of hydrogen-bond acceptors (Lipinski definition) is 2. The molecule has 0 rings (SSSR count). The second-order valence-electron chi connectivity index (χ2n) is 5.63. The van der Waals surface area contributed by atoms with Gasteiger partial charge >= 0.3 is 5.97 Å². The number of rotatable bonds is 15. The number of aliphatic carboxylic acids is 1. The maximum atomic E-state index is 10.7. The Morgan fingerprint density at radius 3 is 2.05 bits per heavy atom. The minimum absolute atomic E-state index is 0.538. The molecule has 0 aliphatic heterocycles. The number of hydrogen-bond donors (Lipinski definition) is 1. The monoisotopic (exact) mass is 298 g/mol. The Balaban J connectivity index is 3.26. The van der Waals surface area contributed by atoms with E-state index in [1.165, 1.54) is 44.9 Å². The van der Waals surface area contributed by atoms with Crippen LogP contribution in [-0.4, -0.2) is 23.8 Å². The first-order valence-corrected chi connectivity index (χ1v) is 8.71. The third-order valence-corrected chi connectivity index (χ3v) is 3.62. The molecule has 0 aromatic rings. The molecule has 0 fully saturated rings. The fourth-order valence-electron chi connectivity index (χ4n) is 2.23. The smallest absolute Gasteiger partial charge is 0.332 e. The largest absolute Gasteiger partial charge is 0.479 e.